The van der Waals surface area contributed by atoms with Gasteiger partial charge in [-0.15, -0.1) is 0 Å². The number of esters is 2. The van der Waals surface area contributed by atoms with E-state index in [1.165, 1.54) is 218 Å². The lowest BCUT2D eigenvalue weighted by molar-refractivity contribution is -0.161. The number of carbonyl (C=O) groups is 2. The summed E-state index contributed by atoms with van der Waals surface area (Å²) in [7, 11) is -4.39. The van der Waals surface area contributed by atoms with E-state index >= 15 is 0 Å². The first-order valence-corrected chi connectivity index (χ1v) is 35.6. The topological polar surface area (TPSA) is 134 Å². The summed E-state index contributed by atoms with van der Waals surface area (Å²) in [6.07, 6.45) is 88.1. The Kier molecular flexibility index (Phi) is 64.0. The van der Waals surface area contributed by atoms with Crippen molar-refractivity contribution in [2.75, 3.05) is 26.4 Å². The van der Waals surface area contributed by atoms with E-state index in [-0.39, 0.29) is 38.6 Å². The molecule has 81 heavy (non-hydrogen) atoms. The Bertz CT molecular complexity index is 1600. The van der Waals surface area contributed by atoms with Crippen LogP contribution in [0, 0.1) is 0 Å². The molecule has 9 nitrogen and oxygen atoms in total. The van der Waals surface area contributed by atoms with E-state index in [9.17, 15) is 19.0 Å². The van der Waals surface area contributed by atoms with Gasteiger partial charge >= 0.3 is 19.8 Å². The van der Waals surface area contributed by atoms with E-state index in [4.69, 9.17) is 24.3 Å². The van der Waals surface area contributed by atoms with Crippen LogP contribution in [-0.2, 0) is 32.7 Å². The second kappa shape index (κ2) is 66.3. The van der Waals surface area contributed by atoms with Gasteiger partial charge in [0.25, 0.3) is 0 Å². The summed E-state index contributed by atoms with van der Waals surface area (Å²) in [6.45, 7) is 3.66. The Morgan fingerprint density at radius 2 is 0.679 bits per heavy atom. The van der Waals surface area contributed by atoms with Crippen LogP contribution in [0.5, 0.6) is 0 Å². The van der Waals surface area contributed by atoms with Gasteiger partial charge in [0, 0.05) is 19.4 Å². The molecule has 0 aromatic rings. The maximum absolute atomic E-state index is 12.8. The van der Waals surface area contributed by atoms with Gasteiger partial charge < -0.3 is 20.1 Å². The Hall–Kier alpha value is -2.81. The number of nitrogens with two attached hydrogens (primary N) is 1. The average molecular weight is 1150 g/mol. The summed E-state index contributed by atoms with van der Waals surface area (Å²) in [5.74, 6) is -0.817. The molecule has 0 aliphatic carbocycles. The lowest BCUT2D eigenvalue weighted by Crippen LogP contribution is -2.29. The summed E-state index contributed by atoms with van der Waals surface area (Å²) in [4.78, 5) is 35.3. The fourth-order valence-corrected chi connectivity index (χ4v) is 10.5. The number of phosphoric ester groups is 1. The van der Waals surface area contributed by atoms with Gasteiger partial charge in [0.2, 0.25) is 0 Å². The van der Waals surface area contributed by atoms with Gasteiger partial charge in [-0.05, 0) is 89.9 Å². The molecule has 2 unspecified atom stereocenters. The Morgan fingerprint density at radius 3 is 1.01 bits per heavy atom. The molecule has 3 N–H and O–H groups in total. The van der Waals surface area contributed by atoms with E-state index in [2.05, 4.69) is 98.9 Å². The zero-order valence-corrected chi connectivity index (χ0v) is 53.7. The minimum Gasteiger partial charge on any atom is -0.462 e. The third kappa shape index (κ3) is 66.2. The SMILES string of the molecule is CC/C=C\C/C=C\C/C=C\C/C=C\C/C=C\CCCCCCCCCCCCCCCCCCCCCCCC(=O)OC(COC(=O)CCCCCCCCCCCCC/C=C\C/C=C\CCCCCCC)COP(=O)(O)OCCN. The predicted molar refractivity (Wildman–Crippen MR) is 349 cm³/mol. The second-order valence-corrected chi connectivity index (χ2v) is 24.1. The number of phosphoric acid groups is 1. The Labute approximate surface area is 500 Å². The summed E-state index contributed by atoms with van der Waals surface area (Å²) in [5, 5.41) is 0. The van der Waals surface area contributed by atoms with Crippen LogP contribution in [0.4, 0.5) is 0 Å². The highest BCUT2D eigenvalue weighted by atomic mass is 31.2. The van der Waals surface area contributed by atoms with Crippen LogP contribution in [0.3, 0.4) is 0 Å². The summed E-state index contributed by atoms with van der Waals surface area (Å²) < 4.78 is 33.2. The summed E-state index contributed by atoms with van der Waals surface area (Å²) >= 11 is 0. The van der Waals surface area contributed by atoms with Gasteiger partial charge in [0.1, 0.15) is 6.61 Å². The van der Waals surface area contributed by atoms with Crippen molar-refractivity contribution in [2.24, 2.45) is 5.73 Å². The molecule has 470 valence electrons. The van der Waals surface area contributed by atoms with Crippen LogP contribution >= 0.6 is 7.82 Å². The quantitative estimate of drug-likeness (QED) is 0.0264. The number of carbonyl (C=O) groups excluding carboxylic acids is 2. The number of hydrogen-bond acceptors (Lipinski definition) is 8. The zero-order valence-electron chi connectivity index (χ0n) is 52.8. The predicted octanol–water partition coefficient (Wildman–Crippen LogP) is 22.2. The highest BCUT2D eigenvalue weighted by molar-refractivity contribution is 7.47. The van der Waals surface area contributed by atoms with E-state index in [0.717, 1.165) is 70.6 Å². The molecule has 0 saturated carbocycles. The molecular formula is C71H128NO8P. The number of rotatable bonds is 64. The second-order valence-electron chi connectivity index (χ2n) is 22.7. The average Bonchev–Trinajstić information content (AvgIpc) is 3.46. The Balaban J connectivity index is 3.84. The van der Waals surface area contributed by atoms with E-state index in [1.54, 1.807) is 0 Å². The minimum absolute atomic E-state index is 0.0525. The largest absolute Gasteiger partial charge is 0.472 e. The number of ether oxygens (including phenoxy) is 2. The van der Waals surface area contributed by atoms with Crippen molar-refractivity contribution < 1.29 is 37.6 Å². The van der Waals surface area contributed by atoms with Gasteiger partial charge in [0.05, 0.1) is 13.2 Å². The van der Waals surface area contributed by atoms with Gasteiger partial charge in [-0.25, -0.2) is 4.57 Å². The first-order valence-electron chi connectivity index (χ1n) is 34.1. The maximum atomic E-state index is 12.8. The highest BCUT2D eigenvalue weighted by Crippen LogP contribution is 2.43. The molecule has 0 bridgehead atoms. The molecule has 0 amide bonds. The van der Waals surface area contributed by atoms with E-state index in [0.29, 0.717) is 6.42 Å². The normalized spacial score (nSPS) is 13.5. The standard InChI is InChI=1S/C71H128NO8P/c1-3-5-7-9-11-13-15-17-19-21-23-25-27-28-29-30-31-32-33-34-35-36-37-38-39-40-42-44-46-48-50-52-54-56-58-60-62-64-71(74)80-69(68-79-81(75,76)78-66-65-72)67-77-70(73)63-61-59-57-55-53-51-49-47-45-43-41-26-24-22-20-18-16-14-12-10-8-6-4-2/h5,7,11,13,16-19,22-25,28-29,69H,3-4,6,8-10,12,14-15,20-21,26-27,30-68,72H2,1-2H3,(H,75,76)/b7-5-,13-11-,18-16-,19-17-,24-22-,25-23-,29-28-. The smallest absolute Gasteiger partial charge is 0.462 e. The van der Waals surface area contributed by atoms with Crippen LogP contribution < -0.4 is 5.73 Å². The number of hydrogen-bond donors (Lipinski definition) is 2. The number of unbranched alkanes of at least 4 members (excludes halogenated alkanes) is 37. The van der Waals surface area contributed by atoms with E-state index < -0.39 is 26.5 Å². The van der Waals surface area contributed by atoms with Gasteiger partial charge in [-0.1, -0.05) is 304 Å². The molecule has 10 heteroatoms. The zero-order chi connectivity index (χ0) is 58.7. The molecule has 0 heterocycles. The minimum atomic E-state index is -4.39. The van der Waals surface area contributed by atoms with E-state index in [1.807, 2.05) is 0 Å². The molecule has 0 aromatic carbocycles. The fraction of sp³-hybridized carbons (Fsp3) is 0.775. The van der Waals surface area contributed by atoms with Crippen LogP contribution in [0.15, 0.2) is 85.1 Å². The number of allylic oxidation sites excluding steroid dienone is 14. The molecule has 0 aromatic heterocycles. The van der Waals surface area contributed by atoms with Crippen molar-refractivity contribution in [3.63, 3.8) is 0 Å². The molecule has 0 rings (SSSR count). The van der Waals surface area contributed by atoms with Crippen LogP contribution in [0.25, 0.3) is 0 Å². The summed E-state index contributed by atoms with van der Waals surface area (Å²) in [5.41, 5.74) is 5.40. The van der Waals surface area contributed by atoms with Crippen LogP contribution in [-0.4, -0.2) is 49.3 Å². The maximum Gasteiger partial charge on any atom is 0.472 e. The van der Waals surface area contributed by atoms with Gasteiger partial charge in [-0.2, -0.15) is 0 Å². The lowest BCUT2D eigenvalue weighted by Gasteiger charge is -2.19. The summed E-state index contributed by atoms with van der Waals surface area (Å²) in [6, 6.07) is 0. The molecular weight excluding hydrogens is 1030 g/mol. The third-order valence-electron chi connectivity index (χ3n) is 14.8. The van der Waals surface area contributed by atoms with Crippen molar-refractivity contribution in [1.82, 2.24) is 0 Å². The third-order valence-corrected chi connectivity index (χ3v) is 15.7. The molecule has 0 aliphatic rings. The van der Waals surface area contributed by atoms with Crippen molar-refractivity contribution in [3.8, 4) is 0 Å². The van der Waals surface area contributed by atoms with Crippen molar-refractivity contribution >= 4 is 19.8 Å². The highest BCUT2D eigenvalue weighted by Gasteiger charge is 2.26. The van der Waals surface area contributed by atoms with Gasteiger partial charge in [-0.3, -0.25) is 18.6 Å². The fourth-order valence-electron chi connectivity index (χ4n) is 9.76. The van der Waals surface area contributed by atoms with Crippen molar-refractivity contribution in [2.45, 2.75) is 328 Å². The molecule has 2 atom stereocenters. The van der Waals surface area contributed by atoms with Gasteiger partial charge in [0.15, 0.2) is 6.10 Å². The van der Waals surface area contributed by atoms with Crippen LogP contribution in [0.2, 0.25) is 0 Å². The Morgan fingerprint density at radius 1 is 0.383 bits per heavy atom. The first-order chi connectivity index (χ1) is 39.8. The lowest BCUT2D eigenvalue weighted by atomic mass is 10.0. The van der Waals surface area contributed by atoms with Crippen molar-refractivity contribution in [3.05, 3.63) is 85.1 Å². The molecule has 0 fully saturated rings. The molecule has 0 radical (unpaired) electrons. The molecule has 0 spiro atoms. The molecule has 0 saturated heterocycles. The van der Waals surface area contributed by atoms with Crippen molar-refractivity contribution in [1.29, 1.82) is 0 Å². The molecule has 0 aliphatic heterocycles. The van der Waals surface area contributed by atoms with Crippen LogP contribution in [0.1, 0.15) is 322 Å². The monoisotopic (exact) mass is 1150 g/mol. The first kappa shape index (κ1) is 78.2.